The van der Waals surface area contributed by atoms with Crippen LogP contribution in [-0.2, 0) is 14.4 Å². The highest BCUT2D eigenvalue weighted by Gasteiger charge is 2.53. The summed E-state index contributed by atoms with van der Waals surface area (Å²) >= 11 is 0. The van der Waals surface area contributed by atoms with Gasteiger partial charge in [-0.3, -0.25) is 9.46 Å². The molecular weight excluding hydrogens is 445 g/mol. The normalized spacial score (nSPS) is 21.5. The molecule has 3 aromatic rings. The summed E-state index contributed by atoms with van der Waals surface area (Å²) in [5.74, 6) is 0.120. The molecule has 9 heteroatoms. The number of furan rings is 1. The number of para-hydroxylation sites is 2. The van der Waals surface area contributed by atoms with Gasteiger partial charge in [0.15, 0.2) is 15.6 Å². The lowest BCUT2D eigenvalue weighted by Crippen LogP contribution is -2.44. The molecule has 0 radical (unpaired) electrons. The molecule has 2 aromatic carbocycles. The smallest absolute Gasteiger partial charge is 0.287 e. The predicted molar refractivity (Wildman–Crippen MR) is 127 cm³/mol. The van der Waals surface area contributed by atoms with Gasteiger partial charge in [-0.05, 0) is 36.4 Å². The van der Waals surface area contributed by atoms with Gasteiger partial charge in [-0.2, -0.15) is 0 Å². The van der Waals surface area contributed by atoms with Crippen molar-refractivity contribution in [1.29, 1.82) is 0 Å². The zero-order valence-electron chi connectivity index (χ0n) is 17.7. The van der Waals surface area contributed by atoms with Crippen LogP contribution in [0, 0.1) is 0 Å². The van der Waals surface area contributed by atoms with E-state index < -0.39 is 23.1 Å². The van der Waals surface area contributed by atoms with Crippen LogP contribution in [0.4, 0.5) is 11.4 Å². The molecule has 0 amide bonds. The van der Waals surface area contributed by atoms with Crippen LogP contribution >= 0.6 is 7.44 Å². The van der Waals surface area contributed by atoms with Gasteiger partial charge in [-0.15, -0.1) is 0 Å². The van der Waals surface area contributed by atoms with E-state index in [9.17, 15) is 8.42 Å². The van der Waals surface area contributed by atoms with E-state index in [1.807, 2.05) is 81.0 Å². The van der Waals surface area contributed by atoms with Crippen LogP contribution < -0.4 is 9.34 Å². The second-order valence-electron chi connectivity index (χ2n) is 8.08. The van der Waals surface area contributed by atoms with Gasteiger partial charge in [0.05, 0.1) is 17.8 Å². The monoisotopic (exact) mass is 471 g/mol. The van der Waals surface area contributed by atoms with Gasteiger partial charge in [0.1, 0.15) is 5.76 Å². The van der Waals surface area contributed by atoms with Crippen LogP contribution in [0.3, 0.4) is 0 Å². The van der Waals surface area contributed by atoms with Crippen molar-refractivity contribution in [1.82, 2.24) is 4.90 Å². The fraction of sp³-hybridized carbons (Fsp3) is 0.304. The summed E-state index contributed by atoms with van der Waals surface area (Å²) in [4.78, 5) is 2.03. The summed E-state index contributed by atoms with van der Waals surface area (Å²) in [5, 5.41) is 0. The molecule has 1 unspecified atom stereocenters. The van der Waals surface area contributed by atoms with E-state index in [0.29, 0.717) is 31.9 Å². The minimum absolute atomic E-state index is 0.0564. The molecule has 2 saturated heterocycles. The third-order valence-corrected chi connectivity index (χ3v) is 11.2. The molecule has 0 N–H and O–H groups in total. The van der Waals surface area contributed by atoms with Crippen LogP contribution in [0.2, 0.25) is 0 Å². The van der Waals surface area contributed by atoms with Gasteiger partial charge in [-0.25, -0.2) is 8.42 Å². The third-order valence-electron chi connectivity index (χ3n) is 6.17. The lowest BCUT2D eigenvalue weighted by atomic mass is 10.3. The van der Waals surface area contributed by atoms with Gasteiger partial charge >= 0.3 is 0 Å². The van der Waals surface area contributed by atoms with Crippen molar-refractivity contribution >= 4 is 28.7 Å². The Balaban J connectivity index is 1.65. The number of hydrogen-bond donors (Lipinski definition) is 0. The van der Waals surface area contributed by atoms with Gasteiger partial charge in [-0.1, -0.05) is 36.4 Å². The number of anilines is 2. The molecule has 5 rings (SSSR count). The molecule has 32 heavy (non-hydrogen) atoms. The number of nitrogens with zero attached hydrogens (tertiary/aromatic N) is 3. The molecular formula is C23H26N3O4PS. The van der Waals surface area contributed by atoms with E-state index in [1.54, 1.807) is 12.3 Å². The number of sulfone groups is 1. The van der Waals surface area contributed by atoms with E-state index in [-0.39, 0.29) is 11.5 Å². The second-order valence-corrected chi connectivity index (χ2v) is 13.0. The zero-order valence-corrected chi connectivity index (χ0v) is 19.4. The van der Waals surface area contributed by atoms with Crippen LogP contribution in [0.5, 0.6) is 0 Å². The molecule has 0 saturated carbocycles. The fourth-order valence-electron chi connectivity index (χ4n) is 4.63. The van der Waals surface area contributed by atoms with Gasteiger partial charge in [0, 0.05) is 37.6 Å². The molecule has 7 nitrogen and oxygen atoms in total. The highest BCUT2D eigenvalue weighted by Crippen LogP contribution is 2.69. The van der Waals surface area contributed by atoms with Gasteiger partial charge < -0.3 is 13.8 Å². The SMILES string of the molecule is O=P1(C(c2ccco2)N2CCS(=O)(=O)CC2)N(c2ccccc2)CCN1c1ccccc1. The number of rotatable bonds is 5. The summed E-state index contributed by atoms with van der Waals surface area (Å²) in [6.07, 6.45) is 1.59. The molecule has 0 bridgehead atoms. The van der Waals surface area contributed by atoms with E-state index in [1.165, 1.54) is 0 Å². The highest BCUT2D eigenvalue weighted by atomic mass is 32.2. The summed E-state index contributed by atoms with van der Waals surface area (Å²) in [7, 11) is -6.42. The van der Waals surface area contributed by atoms with E-state index in [4.69, 9.17) is 4.42 Å². The minimum Gasteiger partial charge on any atom is -0.467 e. The Bertz CT molecular complexity index is 1140. The van der Waals surface area contributed by atoms with E-state index in [0.717, 1.165) is 11.4 Å². The highest BCUT2D eigenvalue weighted by molar-refractivity contribution is 7.91. The third kappa shape index (κ3) is 3.76. The molecule has 1 atom stereocenters. The maximum Gasteiger partial charge on any atom is 0.287 e. The van der Waals surface area contributed by atoms with Gasteiger partial charge in [0.25, 0.3) is 7.44 Å². The van der Waals surface area contributed by atoms with Crippen LogP contribution in [0.15, 0.2) is 83.5 Å². The average molecular weight is 472 g/mol. The first-order valence-electron chi connectivity index (χ1n) is 10.7. The molecule has 1 aromatic heterocycles. The Labute approximate surface area is 188 Å². The second kappa shape index (κ2) is 8.43. The maximum atomic E-state index is 15.3. The summed E-state index contributed by atoms with van der Waals surface area (Å²) in [6.45, 7) is 1.84. The Kier molecular flexibility index (Phi) is 5.61. The molecule has 2 aliphatic rings. The minimum atomic E-state index is -3.34. The largest absolute Gasteiger partial charge is 0.467 e. The topological polar surface area (TPSA) is 74.1 Å². The van der Waals surface area contributed by atoms with Crippen molar-refractivity contribution in [2.75, 3.05) is 47.0 Å². The molecule has 2 fully saturated rings. The molecule has 3 heterocycles. The Morgan fingerprint density at radius 1 is 0.750 bits per heavy atom. The predicted octanol–water partition coefficient (Wildman–Crippen LogP) is 4.23. The first kappa shape index (κ1) is 21.3. The molecule has 2 aliphatic heterocycles. The van der Waals surface area contributed by atoms with Crippen LogP contribution in [0.25, 0.3) is 0 Å². The van der Waals surface area contributed by atoms with Crippen molar-refractivity contribution in [3.05, 3.63) is 84.8 Å². The number of hydrogen-bond acceptors (Lipinski definition) is 5. The lowest BCUT2D eigenvalue weighted by Gasteiger charge is -2.43. The summed E-state index contributed by atoms with van der Waals surface area (Å²) in [6, 6.07) is 23.2. The quantitative estimate of drug-likeness (QED) is 0.516. The first-order valence-corrected chi connectivity index (χ1v) is 14.2. The van der Waals surface area contributed by atoms with Crippen molar-refractivity contribution in [3.63, 3.8) is 0 Å². The molecule has 168 valence electrons. The van der Waals surface area contributed by atoms with E-state index in [2.05, 4.69) is 0 Å². The van der Waals surface area contributed by atoms with Crippen molar-refractivity contribution in [2.24, 2.45) is 0 Å². The van der Waals surface area contributed by atoms with Crippen molar-refractivity contribution in [3.8, 4) is 0 Å². The average Bonchev–Trinajstić information content (AvgIpc) is 3.45. The van der Waals surface area contributed by atoms with Crippen LogP contribution in [0.1, 0.15) is 11.5 Å². The standard InChI is InChI=1S/C23H26N3O4PS/c27-31(23(22-12-7-17-30-22)24-15-18-32(28,29)19-16-24)25(20-8-3-1-4-9-20)13-14-26(31)21-10-5-2-6-11-21/h1-12,17,23H,13-16,18-19H2. The van der Waals surface area contributed by atoms with Crippen LogP contribution in [-0.4, -0.2) is 51.0 Å². The molecule has 0 aliphatic carbocycles. The van der Waals surface area contributed by atoms with Crippen molar-refractivity contribution in [2.45, 2.75) is 5.78 Å². The first-order chi connectivity index (χ1) is 15.5. The molecule has 0 spiro atoms. The van der Waals surface area contributed by atoms with Crippen molar-refractivity contribution < 1.29 is 17.4 Å². The Hall–Kier alpha value is -2.54. The zero-order chi connectivity index (χ0) is 22.2. The maximum absolute atomic E-state index is 15.3. The summed E-state index contributed by atoms with van der Waals surface area (Å²) in [5.41, 5.74) is 1.77. The number of benzene rings is 2. The lowest BCUT2D eigenvalue weighted by molar-refractivity contribution is 0.242. The summed E-state index contributed by atoms with van der Waals surface area (Å²) < 4.78 is 49.4. The fourth-order valence-corrected chi connectivity index (χ4v) is 9.46. The Morgan fingerprint density at radius 3 is 1.75 bits per heavy atom. The van der Waals surface area contributed by atoms with Gasteiger partial charge in [0.2, 0.25) is 0 Å². The van der Waals surface area contributed by atoms with E-state index >= 15 is 4.57 Å². The Morgan fingerprint density at radius 2 is 1.28 bits per heavy atom.